The second-order valence-electron chi connectivity index (χ2n) is 7.64. The van der Waals surface area contributed by atoms with Gasteiger partial charge in [0.25, 0.3) is 10.2 Å². The molecule has 0 unspecified atom stereocenters. The molecule has 0 radical (unpaired) electrons. The Labute approximate surface area is 205 Å². The standard InChI is InChI=1S/C19H30N4O11S/c1-14(13-35-17(25)12-20-16(24)7-5-11-34-23(30)31)18(26)21-8-4-6-15(21)19(27)32-9-2-3-10-33-22(28)29/h14-15H,2-13H2,1H3,(H,20,24)/t14-,15+/m1/s1. The molecule has 15 nitrogen and oxygen atoms in total. The number of unbranched alkanes of at least 4 members (excludes halogenated alkanes) is 1. The van der Waals surface area contributed by atoms with Crippen LogP contribution in [0.5, 0.6) is 0 Å². The lowest BCUT2D eigenvalue weighted by Crippen LogP contribution is -2.44. The van der Waals surface area contributed by atoms with Gasteiger partial charge in [0.05, 0.1) is 26.4 Å². The first-order valence-corrected chi connectivity index (χ1v) is 12.0. The molecule has 0 aromatic carbocycles. The third-order valence-electron chi connectivity index (χ3n) is 4.88. The summed E-state index contributed by atoms with van der Waals surface area (Å²) in [5, 5.41) is 20.3. The molecule has 198 valence electrons. The van der Waals surface area contributed by atoms with Gasteiger partial charge in [-0.15, -0.1) is 20.2 Å². The minimum Gasteiger partial charge on any atom is -0.464 e. The van der Waals surface area contributed by atoms with E-state index in [1.54, 1.807) is 6.92 Å². The number of nitrogens with one attached hydrogen (secondary N) is 1. The number of rotatable bonds is 17. The Morgan fingerprint density at radius 2 is 1.69 bits per heavy atom. The van der Waals surface area contributed by atoms with E-state index in [-0.39, 0.29) is 56.0 Å². The zero-order valence-corrected chi connectivity index (χ0v) is 20.2. The number of carbonyl (C=O) groups is 4. The fourth-order valence-electron chi connectivity index (χ4n) is 3.14. The van der Waals surface area contributed by atoms with E-state index in [0.29, 0.717) is 32.2 Å². The number of amides is 2. The Balaban J connectivity index is 2.30. The molecular weight excluding hydrogens is 492 g/mol. The largest absolute Gasteiger partial charge is 0.464 e. The van der Waals surface area contributed by atoms with Gasteiger partial charge < -0.3 is 24.6 Å². The van der Waals surface area contributed by atoms with Crippen LogP contribution in [0.2, 0.25) is 0 Å². The Hall–Kier alpha value is -3.17. The number of thioether (sulfide) groups is 1. The minimum atomic E-state index is -0.950. The second-order valence-corrected chi connectivity index (χ2v) is 8.72. The maximum atomic E-state index is 12.8. The molecule has 1 aliphatic rings. The van der Waals surface area contributed by atoms with Crippen LogP contribution in [0.25, 0.3) is 0 Å². The summed E-state index contributed by atoms with van der Waals surface area (Å²) in [5.41, 5.74) is 0. The Morgan fingerprint density at radius 3 is 2.34 bits per heavy atom. The average molecular weight is 523 g/mol. The molecule has 1 saturated heterocycles. The fraction of sp³-hybridized carbons (Fsp3) is 0.789. The lowest BCUT2D eigenvalue weighted by molar-refractivity contribution is -0.757. The maximum absolute atomic E-state index is 12.8. The van der Waals surface area contributed by atoms with Crippen LogP contribution in [0.4, 0.5) is 0 Å². The summed E-state index contributed by atoms with van der Waals surface area (Å²) < 4.78 is 5.19. The average Bonchev–Trinajstić information content (AvgIpc) is 3.30. The summed E-state index contributed by atoms with van der Waals surface area (Å²) in [4.78, 5) is 78.6. The van der Waals surface area contributed by atoms with Crippen molar-refractivity contribution in [1.29, 1.82) is 0 Å². The first-order valence-electron chi connectivity index (χ1n) is 11.1. The smallest absolute Gasteiger partial charge is 0.328 e. The molecular formula is C19H30N4O11S. The number of hydrogen-bond acceptors (Lipinski definition) is 12. The molecule has 1 heterocycles. The van der Waals surface area contributed by atoms with E-state index in [1.165, 1.54) is 4.90 Å². The molecule has 0 aromatic rings. The highest BCUT2D eigenvalue weighted by Gasteiger charge is 2.37. The van der Waals surface area contributed by atoms with E-state index in [0.717, 1.165) is 11.8 Å². The van der Waals surface area contributed by atoms with Gasteiger partial charge in [0.2, 0.25) is 16.9 Å². The molecule has 1 fully saturated rings. The number of carbonyl (C=O) groups excluding carboxylic acids is 4. The first kappa shape index (κ1) is 29.9. The summed E-state index contributed by atoms with van der Waals surface area (Å²) >= 11 is 0.888. The summed E-state index contributed by atoms with van der Waals surface area (Å²) in [5.74, 6) is -1.64. The predicted octanol–water partition coefficient (Wildman–Crippen LogP) is 0.510. The summed E-state index contributed by atoms with van der Waals surface area (Å²) in [7, 11) is 0. The van der Waals surface area contributed by atoms with Crippen molar-refractivity contribution in [2.45, 2.75) is 51.5 Å². The number of likely N-dealkylation sites (tertiary alicyclic amines) is 1. The van der Waals surface area contributed by atoms with Gasteiger partial charge in [-0.05, 0) is 32.1 Å². The highest BCUT2D eigenvalue weighted by molar-refractivity contribution is 8.13. The molecule has 1 aliphatic heterocycles. The van der Waals surface area contributed by atoms with Crippen LogP contribution < -0.4 is 5.32 Å². The van der Waals surface area contributed by atoms with Crippen molar-refractivity contribution in [3.8, 4) is 0 Å². The lowest BCUT2D eigenvalue weighted by Gasteiger charge is -2.26. The number of esters is 1. The SMILES string of the molecule is C[C@H](CSC(=O)CNC(=O)CCCO[N+](=O)[O-])C(=O)N1CCC[C@H]1C(=O)OCCCCO[N+](=O)[O-]. The predicted molar refractivity (Wildman–Crippen MR) is 120 cm³/mol. The normalized spacial score (nSPS) is 15.7. The van der Waals surface area contributed by atoms with Crippen molar-refractivity contribution in [2.24, 2.45) is 5.92 Å². The monoisotopic (exact) mass is 522 g/mol. The third kappa shape index (κ3) is 12.8. The summed E-state index contributed by atoms with van der Waals surface area (Å²) in [6.07, 6.45) is 1.94. The van der Waals surface area contributed by atoms with Gasteiger partial charge in [-0.25, -0.2) is 4.79 Å². The van der Waals surface area contributed by atoms with Crippen molar-refractivity contribution in [2.75, 3.05) is 38.7 Å². The van der Waals surface area contributed by atoms with Crippen molar-refractivity contribution >= 4 is 34.7 Å². The zero-order valence-electron chi connectivity index (χ0n) is 19.4. The van der Waals surface area contributed by atoms with Crippen LogP contribution >= 0.6 is 11.8 Å². The summed E-state index contributed by atoms with van der Waals surface area (Å²) in [6, 6.07) is -0.709. The molecule has 0 spiro atoms. The van der Waals surface area contributed by atoms with Gasteiger partial charge in [-0.2, -0.15) is 0 Å². The van der Waals surface area contributed by atoms with Crippen molar-refractivity contribution in [1.82, 2.24) is 10.2 Å². The highest BCUT2D eigenvalue weighted by Crippen LogP contribution is 2.22. The topological polar surface area (TPSA) is 198 Å². The van der Waals surface area contributed by atoms with Crippen molar-refractivity contribution in [3.05, 3.63) is 20.2 Å². The molecule has 0 bridgehead atoms. The zero-order chi connectivity index (χ0) is 26.2. The van der Waals surface area contributed by atoms with Gasteiger partial charge in [0.15, 0.2) is 0 Å². The first-order chi connectivity index (χ1) is 16.6. The van der Waals surface area contributed by atoms with Crippen LogP contribution in [0.3, 0.4) is 0 Å². The van der Waals surface area contributed by atoms with Gasteiger partial charge in [0, 0.05) is 24.6 Å². The van der Waals surface area contributed by atoms with E-state index < -0.39 is 34.0 Å². The van der Waals surface area contributed by atoms with E-state index in [1.807, 2.05) is 0 Å². The second kappa shape index (κ2) is 16.5. The van der Waals surface area contributed by atoms with Crippen molar-refractivity contribution in [3.63, 3.8) is 0 Å². The number of ether oxygens (including phenoxy) is 1. The minimum absolute atomic E-state index is 0.0280. The maximum Gasteiger partial charge on any atom is 0.328 e. The molecule has 16 heteroatoms. The van der Waals surface area contributed by atoms with E-state index in [4.69, 9.17) is 4.74 Å². The van der Waals surface area contributed by atoms with Gasteiger partial charge in [-0.1, -0.05) is 18.7 Å². The van der Waals surface area contributed by atoms with Gasteiger partial charge >= 0.3 is 5.97 Å². The fourth-order valence-corrected chi connectivity index (χ4v) is 3.89. The third-order valence-corrected chi connectivity index (χ3v) is 6.01. The van der Waals surface area contributed by atoms with Crippen molar-refractivity contribution < 1.29 is 43.8 Å². The number of hydrogen-bond donors (Lipinski definition) is 1. The molecule has 35 heavy (non-hydrogen) atoms. The molecule has 1 N–H and O–H groups in total. The van der Waals surface area contributed by atoms with Crippen LogP contribution in [0.1, 0.15) is 45.4 Å². The lowest BCUT2D eigenvalue weighted by atomic mass is 10.1. The Bertz CT molecular complexity index is 767. The Kier molecular flexibility index (Phi) is 14.0. The summed E-state index contributed by atoms with van der Waals surface area (Å²) in [6.45, 7) is 1.56. The van der Waals surface area contributed by atoms with Gasteiger partial charge in [0.1, 0.15) is 6.04 Å². The quantitative estimate of drug-likeness (QED) is 0.120. The molecule has 0 aromatic heterocycles. The van der Waals surface area contributed by atoms with Crippen LogP contribution in [0, 0.1) is 26.1 Å². The Morgan fingerprint density at radius 1 is 1.06 bits per heavy atom. The highest BCUT2D eigenvalue weighted by atomic mass is 32.2. The van der Waals surface area contributed by atoms with E-state index >= 15 is 0 Å². The molecule has 2 atom stereocenters. The van der Waals surface area contributed by atoms with E-state index in [9.17, 15) is 39.4 Å². The van der Waals surface area contributed by atoms with Crippen LogP contribution in [-0.4, -0.2) is 82.7 Å². The molecule has 0 saturated carbocycles. The van der Waals surface area contributed by atoms with Gasteiger partial charge in [-0.3, -0.25) is 14.4 Å². The van der Waals surface area contributed by atoms with E-state index in [2.05, 4.69) is 15.0 Å². The van der Waals surface area contributed by atoms with Crippen LogP contribution in [-0.2, 0) is 33.6 Å². The molecule has 1 rings (SSSR count). The molecule has 0 aliphatic carbocycles. The van der Waals surface area contributed by atoms with Crippen LogP contribution in [0.15, 0.2) is 0 Å². The molecule has 2 amide bonds. The number of nitrogens with zero attached hydrogens (tertiary/aromatic N) is 3.